The van der Waals surface area contributed by atoms with Gasteiger partial charge in [0, 0.05) is 0 Å². The monoisotopic (exact) mass is 117 g/mol. The molecule has 3 saturated heterocycles. The predicted molar refractivity (Wildman–Crippen MR) is 33.2 cm³/mol. The Morgan fingerprint density at radius 3 is 2.00 bits per heavy atom. The summed E-state index contributed by atoms with van der Waals surface area (Å²) in [6.45, 7) is 5.05. The fourth-order valence-corrected chi connectivity index (χ4v) is 1.67. The Balaban J connectivity index is 0.000000405. The molecule has 2 bridgehead atoms. The SMILES string of the molecule is [CH-]1CC2CCN1CC2.[Li+]. The van der Waals surface area contributed by atoms with Crippen LogP contribution in [0.4, 0.5) is 0 Å². The summed E-state index contributed by atoms with van der Waals surface area (Å²) in [7, 11) is 0. The van der Waals surface area contributed by atoms with Gasteiger partial charge >= 0.3 is 18.9 Å². The molecule has 3 aliphatic heterocycles. The van der Waals surface area contributed by atoms with Crippen molar-refractivity contribution in [3.63, 3.8) is 0 Å². The Morgan fingerprint density at radius 2 is 1.89 bits per heavy atom. The van der Waals surface area contributed by atoms with Gasteiger partial charge in [-0.2, -0.15) is 6.42 Å². The summed E-state index contributed by atoms with van der Waals surface area (Å²) >= 11 is 0. The smallest absolute Gasteiger partial charge is 0.456 e. The zero-order valence-corrected chi connectivity index (χ0v) is 6.14. The molecule has 0 aromatic carbocycles. The van der Waals surface area contributed by atoms with Crippen LogP contribution < -0.4 is 18.9 Å². The van der Waals surface area contributed by atoms with Gasteiger partial charge in [-0.05, 0) is 25.9 Å². The van der Waals surface area contributed by atoms with Crippen LogP contribution in [0.15, 0.2) is 0 Å². The topological polar surface area (TPSA) is 3.24 Å². The first kappa shape index (κ1) is 7.66. The molecule has 46 valence electrons. The Morgan fingerprint density at radius 1 is 1.22 bits per heavy atom. The van der Waals surface area contributed by atoms with Crippen molar-refractivity contribution >= 4 is 0 Å². The van der Waals surface area contributed by atoms with Crippen molar-refractivity contribution in [3.8, 4) is 0 Å². The van der Waals surface area contributed by atoms with Crippen LogP contribution in [0, 0.1) is 12.5 Å². The largest absolute Gasteiger partial charge is 1.00 e. The van der Waals surface area contributed by atoms with E-state index >= 15 is 0 Å². The van der Waals surface area contributed by atoms with E-state index in [1.54, 1.807) is 0 Å². The van der Waals surface area contributed by atoms with E-state index in [0.717, 1.165) is 5.92 Å². The second-order valence-electron chi connectivity index (χ2n) is 2.90. The molecule has 0 amide bonds. The van der Waals surface area contributed by atoms with E-state index < -0.39 is 0 Å². The maximum absolute atomic E-state index is 2.46. The summed E-state index contributed by atoms with van der Waals surface area (Å²) in [5.41, 5.74) is 0. The third-order valence-electron chi connectivity index (χ3n) is 2.35. The normalized spacial score (nSPS) is 40.0. The van der Waals surface area contributed by atoms with Crippen LogP contribution in [0.5, 0.6) is 0 Å². The molecular formula is C7H12LiN. The number of hydrogen-bond acceptors (Lipinski definition) is 1. The van der Waals surface area contributed by atoms with Crippen molar-refractivity contribution in [1.29, 1.82) is 0 Å². The number of rotatable bonds is 0. The van der Waals surface area contributed by atoms with E-state index in [0.29, 0.717) is 0 Å². The minimum Gasteiger partial charge on any atom is -0.456 e. The Hall–Kier alpha value is 0.557. The first-order valence-corrected chi connectivity index (χ1v) is 3.52. The van der Waals surface area contributed by atoms with E-state index in [1.165, 1.54) is 32.4 Å². The molecule has 3 heterocycles. The van der Waals surface area contributed by atoms with Gasteiger partial charge in [-0.15, -0.1) is 0 Å². The molecule has 1 nitrogen and oxygen atoms in total. The van der Waals surface area contributed by atoms with Gasteiger partial charge in [0.2, 0.25) is 0 Å². The van der Waals surface area contributed by atoms with Crippen LogP contribution in [0.2, 0.25) is 0 Å². The van der Waals surface area contributed by atoms with E-state index in [2.05, 4.69) is 11.4 Å². The Bertz CT molecular complexity index is 63.9. The summed E-state index contributed by atoms with van der Waals surface area (Å²) in [6, 6.07) is 0. The maximum Gasteiger partial charge on any atom is 1.00 e. The third kappa shape index (κ3) is 1.52. The standard InChI is InChI=1S/C7H12N.Li/c1-4-8-5-2-7(1)3-6-8;/h4,7H,1-3,5-6H2;/q-1;+1. The number of nitrogens with zero attached hydrogens (tertiary/aromatic N) is 1. The molecule has 2 heteroatoms. The summed E-state index contributed by atoms with van der Waals surface area (Å²) in [6.07, 6.45) is 4.27. The molecule has 3 fully saturated rings. The Labute approximate surface area is 69.0 Å². The molecule has 9 heavy (non-hydrogen) atoms. The second-order valence-corrected chi connectivity index (χ2v) is 2.90. The molecule has 0 saturated carbocycles. The van der Waals surface area contributed by atoms with E-state index in [-0.39, 0.29) is 18.9 Å². The molecule has 3 rings (SSSR count). The average molecular weight is 117 g/mol. The van der Waals surface area contributed by atoms with Gasteiger partial charge in [-0.3, -0.25) is 6.54 Å². The molecule has 0 aliphatic carbocycles. The molecule has 0 N–H and O–H groups in total. The molecule has 0 spiro atoms. The van der Waals surface area contributed by atoms with Crippen LogP contribution >= 0.6 is 0 Å². The van der Waals surface area contributed by atoms with Crippen LogP contribution in [0.25, 0.3) is 0 Å². The quantitative estimate of drug-likeness (QED) is 0.269. The van der Waals surface area contributed by atoms with E-state index in [4.69, 9.17) is 0 Å². The van der Waals surface area contributed by atoms with Crippen molar-refractivity contribution < 1.29 is 18.9 Å². The van der Waals surface area contributed by atoms with E-state index in [9.17, 15) is 0 Å². The van der Waals surface area contributed by atoms with Gasteiger partial charge in [0.15, 0.2) is 0 Å². The van der Waals surface area contributed by atoms with Crippen molar-refractivity contribution in [3.05, 3.63) is 6.54 Å². The minimum atomic E-state index is 0. The zero-order valence-electron chi connectivity index (χ0n) is 6.14. The van der Waals surface area contributed by atoms with Crippen LogP contribution in [-0.2, 0) is 0 Å². The average Bonchev–Trinajstić information content (AvgIpc) is 1.92. The number of piperidine rings is 3. The first-order valence-electron chi connectivity index (χ1n) is 3.52. The van der Waals surface area contributed by atoms with Gasteiger partial charge in [0.05, 0.1) is 0 Å². The van der Waals surface area contributed by atoms with Crippen molar-refractivity contribution in [2.75, 3.05) is 13.1 Å². The van der Waals surface area contributed by atoms with Gasteiger partial charge in [0.25, 0.3) is 0 Å². The van der Waals surface area contributed by atoms with Gasteiger partial charge < -0.3 is 4.90 Å². The third-order valence-corrected chi connectivity index (χ3v) is 2.35. The second kappa shape index (κ2) is 3.10. The molecular weight excluding hydrogens is 105 g/mol. The van der Waals surface area contributed by atoms with Crippen molar-refractivity contribution in [2.45, 2.75) is 19.3 Å². The van der Waals surface area contributed by atoms with Gasteiger partial charge in [0.1, 0.15) is 0 Å². The van der Waals surface area contributed by atoms with E-state index in [1.807, 2.05) is 0 Å². The van der Waals surface area contributed by atoms with Gasteiger partial charge in [-0.1, -0.05) is 5.92 Å². The zero-order chi connectivity index (χ0) is 5.40. The van der Waals surface area contributed by atoms with Crippen LogP contribution in [0.3, 0.4) is 0 Å². The van der Waals surface area contributed by atoms with Gasteiger partial charge in [-0.25, -0.2) is 0 Å². The maximum atomic E-state index is 2.46. The Kier molecular flexibility index (Phi) is 2.64. The van der Waals surface area contributed by atoms with Crippen LogP contribution in [0.1, 0.15) is 19.3 Å². The molecule has 0 atom stereocenters. The fourth-order valence-electron chi connectivity index (χ4n) is 1.67. The van der Waals surface area contributed by atoms with Crippen molar-refractivity contribution in [2.24, 2.45) is 5.92 Å². The summed E-state index contributed by atoms with van der Waals surface area (Å²) in [5, 5.41) is 0. The molecule has 0 radical (unpaired) electrons. The predicted octanol–water partition coefficient (Wildman–Crippen LogP) is -1.73. The summed E-state index contributed by atoms with van der Waals surface area (Å²) in [4.78, 5) is 2.46. The number of fused-ring (bicyclic) bond motifs is 3. The van der Waals surface area contributed by atoms with Crippen molar-refractivity contribution in [1.82, 2.24) is 4.90 Å². The summed E-state index contributed by atoms with van der Waals surface area (Å²) < 4.78 is 0. The summed E-state index contributed by atoms with van der Waals surface area (Å²) in [5.74, 6) is 1.06. The molecule has 0 aromatic heterocycles. The number of hydrogen-bond donors (Lipinski definition) is 0. The minimum absolute atomic E-state index is 0. The molecule has 3 aliphatic rings. The molecule has 0 aromatic rings. The fraction of sp³-hybridized carbons (Fsp3) is 0.857. The molecule has 0 unspecified atom stereocenters. The first-order chi connectivity index (χ1) is 3.95. The van der Waals surface area contributed by atoms with Crippen LogP contribution in [-0.4, -0.2) is 18.0 Å².